The normalized spacial score (nSPS) is 9.08. The van der Waals surface area contributed by atoms with Crippen molar-refractivity contribution in [2.24, 2.45) is 0 Å². The van der Waals surface area contributed by atoms with Crippen LogP contribution in [0.15, 0.2) is 18.2 Å². The molecular formula is C9H8INO. The zero-order valence-electron chi connectivity index (χ0n) is 6.67. The first-order valence-electron chi connectivity index (χ1n) is 3.44. The van der Waals surface area contributed by atoms with Gasteiger partial charge in [-0.1, -0.05) is 28.7 Å². The lowest BCUT2D eigenvalue weighted by Crippen LogP contribution is -1.88. The van der Waals surface area contributed by atoms with E-state index in [1.165, 1.54) is 0 Å². The Kier molecular flexibility index (Phi) is 3.35. The van der Waals surface area contributed by atoms with E-state index in [0.717, 1.165) is 9.99 Å². The van der Waals surface area contributed by atoms with Crippen LogP contribution < -0.4 is 4.74 Å². The summed E-state index contributed by atoms with van der Waals surface area (Å²) in [6.45, 7) is 0. The van der Waals surface area contributed by atoms with E-state index in [2.05, 4.69) is 28.7 Å². The minimum Gasteiger partial charge on any atom is -0.495 e. The number of hydrogen-bond donors (Lipinski definition) is 0. The number of nitriles is 1. The highest BCUT2D eigenvalue weighted by Crippen LogP contribution is 2.19. The Bertz CT molecular complexity index is 317. The van der Waals surface area contributed by atoms with Gasteiger partial charge in [-0.3, -0.25) is 0 Å². The van der Waals surface area contributed by atoms with Crippen LogP contribution in [-0.2, 0) is 4.43 Å². The van der Waals surface area contributed by atoms with Gasteiger partial charge in [-0.2, -0.15) is 5.26 Å². The number of benzene rings is 1. The Balaban J connectivity index is 3.13. The third kappa shape index (κ3) is 1.89. The van der Waals surface area contributed by atoms with E-state index in [1.54, 1.807) is 7.11 Å². The Morgan fingerprint density at radius 1 is 1.58 bits per heavy atom. The lowest BCUT2D eigenvalue weighted by molar-refractivity contribution is 0.413. The molecule has 0 N–H and O–H groups in total. The second-order valence-electron chi connectivity index (χ2n) is 2.28. The molecule has 1 rings (SSSR count). The van der Waals surface area contributed by atoms with Crippen LogP contribution in [0.3, 0.4) is 0 Å². The van der Waals surface area contributed by atoms with Gasteiger partial charge >= 0.3 is 0 Å². The van der Waals surface area contributed by atoms with E-state index >= 15 is 0 Å². The summed E-state index contributed by atoms with van der Waals surface area (Å²) in [5.41, 5.74) is 1.75. The molecule has 1 aromatic carbocycles. The van der Waals surface area contributed by atoms with E-state index in [1.807, 2.05) is 18.2 Å². The predicted molar refractivity (Wildman–Crippen MR) is 55.4 cm³/mol. The molecule has 0 atom stereocenters. The summed E-state index contributed by atoms with van der Waals surface area (Å²) >= 11 is 2.26. The van der Waals surface area contributed by atoms with Gasteiger partial charge in [0.15, 0.2) is 0 Å². The molecule has 0 saturated heterocycles. The standard InChI is InChI=1S/C9H8INO/c1-12-9-3-2-7(5-10)4-8(9)6-11/h2-4H,5H2,1H3. The molecule has 0 aliphatic carbocycles. The Morgan fingerprint density at radius 2 is 2.33 bits per heavy atom. The van der Waals surface area contributed by atoms with E-state index in [-0.39, 0.29) is 0 Å². The molecule has 2 nitrogen and oxygen atoms in total. The molecular weight excluding hydrogens is 265 g/mol. The van der Waals surface area contributed by atoms with Crippen LogP contribution in [0.5, 0.6) is 5.75 Å². The van der Waals surface area contributed by atoms with Crippen molar-refractivity contribution >= 4 is 22.6 Å². The zero-order chi connectivity index (χ0) is 8.97. The highest BCUT2D eigenvalue weighted by Gasteiger charge is 2.01. The van der Waals surface area contributed by atoms with E-state index in [9.17, 15) is 0 Å². The average Bonchev–Trinajstić information content (AvgIpc) is 2.16. The molecule has 0 aromatic heterocycles. The summed E-state index contributed by atoms with van der Waals surface area (Å²) in [5.74, 6) is 0.645. The van der Waals surface area contributed by atoms with Crippen molar-refractivity contribution in [3.05, 3.63) is 29.3 Å². The van der Waals surface area contributed by atoms with Gasteiger partial charge in [-0.25, -0.2) is 0 Å². The SMILES string of the molecule is COc1ccc(CI)cc1C#N. The molecule has 0 spiro atoms. The third-order valence-electron chi connectivity index (χ3n) is 1.54. The Morgan fingerprint density at radius 3 is 2.83 bits per heavy atom. The molecule has 0 amide bonds. The zero-order valence-corrected chi connectivity index (χ0v) is 8.83. The van der Waals surface area contributed by atoms with Crippen molar-refractivity contribution in [1.29, 1.82) is 5.26 Å². The minimum absolute atomic E-state index is 0.603. The maximum Gasteiger partial charge on any atom is 0.136 e. The van der Waals surface area contributed by atoms with Crippen LogP contribution >= 0.6 is 22.6 Å². The fourth-order valence-electron chi connectivity index (χ4n) is 0.926. The monoisotopic (exact) mass is 273 g/mol. The summed E-state index contributed by atoms with van der Waals surface area (Å²) in [4.78, 5) is 0. The highest BCUT2D eigenvalue weighted by molar-refractivity contribution is 14.1. The Hall–Kier alpha value is -0.760. The Labute approximate surface area is 85.3 Å². The number of hydrogen-bond acceptors (Lipinski definition) is 2. The molecule has 0 unspecified atom stereocenters. The van der Waals surface area contributed by atoms with Crippen molar-refractivity contribution in [2.75, 3.05) is 7.11 Å². The van der Waals surface area contributed by atoms with Crippen molar-refractivity contribution in [1.82, 2.24) is 0 Å². The van der Waals surface area contributed by atoms with Gasteiger partial charge in [-0.15, -0.1) is 0 Å². The first-order chi connectivity index (χ1) is 5.81. The number of rotatable bonds is 2. The van der Waals surface area contributed by atoms with E-state index in [0.29, 0.717) is 11.3 Å². The van der Waals surface area contributed by atoms with Crippen LogP contribution in [0, 0.1) is 11.3 Å². The summed E-state index contributed by atoms with van der Waals surface area (Å²) < 4.78 is 5.92. The number of methoxy groups -OCH3 is 1. The summed E-state index contributed by atoms with van der Waals surface area (Å²) in [6, 6.07) is 7.74. The third-order valence-corrected chi connectivity index (χ3v) is 2.42. The van der Waals surface area contributed by atoms with E-state index in [4.69, 9.17) is 10.00 Å². The molecule has 3 heteroatoms. The first-order valence-corrected chi connectivity index (χ1v) is 4.97. The van der Waals surface area contributed by atoms with Gasteiger partial charge in [0.1, 0.15) is 11.8 Å². The molecule has 1 aromatic rings. The van der Waals surface area contributed by atoms with Crippen LogP contribution in [0.1, 0.15) is 11.1 Å². The minimum atomic E-state index is 0.603. The molecule has 0 bridgehead atoms. The number of alkyl halides is 1. The highest BCUT2D eigenvalue weighted by atomic mass is 127. The molecule has 0 heterocycles. The average molecular weight is 273 g/mol. The van der Waals surface area contributed by atoms with E-state index < -0.39 is 0 Å². The van der Waals surface area contributed by atoms with Crippen LogP contribution in [0.25, 0.3) is 0 Å². The predicted octanol–water partition coefficient (Wildman–Crippen LogP) is 2.50. The summed E-state index contributed by atoms with van der Waals surface area (Å²) in [7, 11) is 1.57. The molecule has 12 heavy (non-hydrogen) atoms. The fourth-order valence-corrected chi connectivity index (χ4v) is 1.40. The topological polar surface area (TPSA) is 33.0 Å². The number of ether oxygens (including phenoxy) is 1. The van der Waals surface area contributed by atoms with Crippen LogP contribution in [0.2, 0.25) is 0 Å². The van der Waals surface area contributed by atoms with Gasteiger partial charge < -0.3 is 4.74 Å². The molecule has 0 fully saturated rings. The fraction of sp³-hybridized carbons (Fsp3) is 0.222. The van der Waals surface area contributed by atoms with Crippen LogP contribution in [-0.4, -0.2) is 7.11 Å². The maximum absolute atomic E-state index is 8.74. The molecule has 0 radical (unpaired) electrons. The molecule has 0 aliphatic rings. The van der Waals surface area contributed by atoms with Gasteiger partial charge in [0, 0.05) is 4.43 Å². The molecule has 0 aliphatic heterocycles. The smallest absolute Gasteiger partial charge is 0.136 e. The quantitative estimate of drug-likeness (QED) is 0.612. The summed E-state index contributed by atoms with van der Waals surface area (Å²) in [5, 5.41) is 8.74. The second-order valence-corrected chi connectivity index (χ2v) is 3.04. The van der Waals surface area contributed by atoms with Crippen LogP contribution in [0.4, 0.5) is 0 Å². The van der Waals surface area contributed by atoms with Crippen molar-refractivity contribution < 1.29 is 4.74 Å². The number of halogens is 1. The van der Waals surface area contributed by atoms with Crippen molar-refractivity contribution in [2.45, 2.75) is 4.43 Å². The largest absolute Gasteiger partial charge is 0.495 e. The first kappa shape index (κ1) is 9.33. The maximum atomic E-state index is 8.74. The van der Waals surface area contributed by atoms with Crippen molar-refractivity contribution in [3.63, 3.8) is 0 Å². The van der Waals surface area contributed by atoms with Crippen molar-refractivity contribution in [3.8, 4) is 11.8 Å². The van der Waals surface area contributed by atoms with Gasteiger partial charge in [0.2, 0.25) is 0 Å². The van der Waals surface area contributed by atoms with Gasteiger partial charge in [-0.05, 0) is 17.7 Å². The van der Waals surface area contributed by atoms with Gasteiger partial charge in [0.05, 0.1) is 12.7 Å². The lowest BCUT2D eigenvalue weighted by atomic mass is 10.1. The lowest BCUT2D eigenvalue weighted by Gasteiger charge is -2.02. The second kappa shape index (κ2) is 4.31. The summed E-state index contributed by atoms with van der Waals surface area (Å²) in [6.07, 6.45) is 0. The molecule has 62 valence electrons. The number of nitrogens with zero attached hydrogens (tertiary/aromatic N) is 1. The van der Waals surface area contributed by atoms with Gasteiger partial charge in [0.25, 0.3) is 0 Å². The molecule has 0 saturated carbocycles.